The van der Waals surface area contributed by atoms with Crippen molar-refractivity contribution in [3.05, 3.63) is 34.3 Å². The maximum Gasteiger partial charge on any atom is 0.0744 e. The lowest BCUT2D eigenvalue weighted by Crippen LogP contribution is -2.44. The number of halogens is 1. The Morgan fingerprint density at radius 2 is 2.25 bits per heavy atom. The van der Waals surface area contributed by atoms with Gasteiger partial charge in [-0.25, -0.2) is 0 Å². The summed E-state index contributed by atoms with van der Waals surface area (Å²) in [6.07, 6.45) is 1.50. The summed E-state index contributed by atoms with van der Waals surface area (Å²) in [5.74, 6) is 0. The molecule has 2 unspecified atom stereocenters. The molecule has 1 aromatic carbocycles. The third-order valence-corrected chi connectivity index (χ3v) is 3.22. The fourth-order valence-electron chi connectivity index (χ4n) is 2.10. The van der Waals surface area contributed by atoms with E-state index in [4.69, 9.17) is 16.3 Å². The minimum atomic E-state index is 0.265. The Labute approximate surface area is 102 Å². The highest BCUT2D eigenvalue weighted by atomic mass is 35.5. The molecule has 2 rings (SSSR count). The molecule has 1 heterocycles. The predicted molar refractivity (Wildman–Crippen MR) is 67.1 cm³/mol. The second kappa shape index (κ2) is 5.17. The lowest BCUT2D eigenvalue weighted by molar-refractivity contribution is -0.0263. The van der Waals surface area contributed by atoms with Crippen LogP contribution in [0.5, 0.6) is 0 Å². The standard InChI is InChI=1S/C13H18ClNO/c1-9-3-4-12(14)5-11(9)6-13-8-15-7-10(2)16-13/h3-5,10,13,15H,6-8H2,1-2H3. The van der Waals surface area contributed by atoms with Crippen molar-refractivity contribution in [3.8, 4) is 0 Å². The topological polar surface area (TPSA) is 21.3 Å². The van der Waals surface area contributed by atoms with E-state index in [-0.39, 0.29) is 6.10 Å². The second-order valence-corrected chi connectivity index (χ2v) is 4.94. The third-order valence-electron chi connectivity index (χ3n) is 2.99. The van der Waals surface area contributed by atoms with Crippen molar-refractivity contribution >= 4 is 11.6 Å². The molecule has 0 saturated carbocycles. The van der Waals surface area contributed by atoms with E-state index in [2.05, 4.69) is 25.2 Å². The Morgan fingerprint density at radius 3 is 3.00 bits per heavy atom. The van der Waals surface area contributed by atoms with Crippen molar-refractivity contribution in [1.29, 1.82) is 0 Å². The van der Waals surface area contributed by atoms with Crippen LogP contribution in [-0.2, 0) is 11.2 Å². The summed E-state index contributed by atoms with van der Waals surface area (Å²) in [6.45, 7) is 6.09. The van der Waals surface area contributed by atoms with Crippen molar-refractivity contribution < 1.29 is 4.74 Å². The van der Waals surface area contributed by atoms with Crippen molar-refractivity contribution in [1.82, 2.24) is 5.32 Å². The zero-order valence-corrected chi connectivity index (χ0v) is 10.6. The van der Waals surface area contributed by atoms with Gasteiger partial charge >= 0.3 is 0 Å². The van der Waals surface area contributed by atoms with Gasteiger partial charge in [-0.1, -0.05) is 17.7 Å². The van der Waals surface area contributed by atoms with Crippen LogP contribution in [0.2, 0.25) is 5.02 Å². The third kappa shape index (κ3) is 2.97. The average molecular weight is 240 g/mol. The van der Waals surface area contributed by atoms with E-state index in [1.807, 2.05) is 12.1 Å². The smallest absolute Gasteiger partial charge is 0.0744 e. The molecule has 0 amide bonds. The van der Waals surface area contributed by atoms with Gasteiger partial charge < -0.3 is 10.1 Å². The zero-order chi connectivity index (χ0) is 11.5. The number of morpholine rings is 1. The molecule has 16 heavy (non-hydrogen) atoms. The SMILES string of the molecule is Cc1ccc(Cl)cc1CC1CNCC(C)O1. The van der Waals surface area contributed by atoms with E-state index < -0.39 is 0 Å². The van der Waals surface area contributed by atoms with Crippen molar-refractivity contribution in [2.24, 2.45) is 0 Å². The van der Waals surface area contributed by atoms with E-state index >= 15 is 0 Å². The van der Waals surface area contributed by atoms with Gasteiger partial charge in [0.15, 0.2) is 0 Å². The molecule has 1 aliphatic rings. The number of ether oxygens (including phenoxy) is 1. The van der Waals surface area contributed by atoms with E-state index in [0.717, 1.165) is 24.5 Å². The molecule has 1 N–H and O–H groups in total. The fourth-order valence-corrected chi connectivity index (χ4v) is 2.29. The number of rotatable bonds is 2. The van der Waals surface area contributed by atoms with E-state index in [0.29, 0.717) is 6.10 Å². The predicted octanol–water partition coefficient (Wildman–Crippen LogP) is 2.57. The van der Waals surface area contributed by atoms with Crippen LogP contribution in [0.3, 0.4) is 0 Å². The Balaban J connectivity index is 2.05. The summed E-state index contributed by atoms with van der Waals surface area (Å²) in [4.78, 5) is 0. The maximum atomic E-state index is 6.01. The van der Waals surface area contributed by atoms with Crippen LogP contribution < -0.4 is 5.32 Å². The van der Waals surface area contributed by atoms with Crippen LogP contribution in [0.25, 0.3) is 0 Å². The number of hydrogen-bond donors (Lipinski definition) is 1. The molecule has 0 aromatic heterocycles. The van der Waals surface area contributed by atoms with E-state index in [1.54, 1.807) is 0 Å². The molecule has 3 heteroatoms. The molecule has 2 nitrogen and oxygen atoms in total. The Hall–Kier alpha value is -0.570. The summed E-state index contributed by atoms with van der Waals surface area (Å²) in [5.41, 5.74) is 2.57. The first kappa shape index (κ1) is 11.9. The summed E-state index contributed by atoms with van der Waals surface area (Å²) in [5, 5.41) is 4.18. The van der Waals surface area contributed by atoms with Gasteiger partial charge in [0, 0.05) is 24.5 Å². The zero-order valence-electron chi connectivity index (χ0n) is 9.79. The molecule has 1 fully saturated rings. The number of hydrogen-bond acceptors (Lipinski definition) is 2. The molecule has 1 saturated heterocycles. The van der Waals surface area contributed by atoms with Gasteiger partial charge in [0.1, 0.15) is 0 Å². The molecule has 0 aliphatic carbocycles. The summed E-state index contributed by atoms with van der Waals surface area (Å²) >= 11 is 6.01. The maximum absolute atomic E-state index is 6.01. The average Bonchev–Trinajstić information content (AvgIpc) is 2.24. The quantitative estimate of drug-likeness (QED) is 0.857. The van der Waals surface area contributed by atoms with Crippen molar-refractivity contribution in [2.45, 2.75) is 32.5 Å². The Kier molecular flexibility index (Phi) is 3.85. The molecule has 2 atom stereocenters. The number of aryl methyl sites for hydroxylation is 1. The summed E-state index contributed by atoms with van der Waals surface area (Å²) in [7, 11) is 0. The number of benzene rings is 1. The molecule has 1 aliphatic heterocycles. The van der Waals surface area contributed by atoms with Crippen molar-refractivity contribution in [3.63, 3.8) is 0 Å². The van der Waals surface area contributed by atoms with Crippen LogP contribution in [0.15, 0.2) is 18.2 Å². The fraction of sp³-hybridized carbons (Fsp3) is 0.538. The van der Waals surface area contributed by atoms with Gasteiger partial charge in [-0.2, -0.15) is 0 Å². The van der Waals surface area contributed by atoms with Gasteiger partial charge in [-0.15, -0.1) is 0 Å². The summed E-state index contributed by atoms with van der Waals surface area (Å²) in [6, 6.07) is 6.04. The largest absolute Gasteiger partial charge is 0.372 e. The van der Waals surface area contributed by atoms with Gasteiger partial charge in [-0.3, -0.25) is 0 Å². The number of nitrogens with one attached hydrogen (secondary N) is 1. The Morgan fingerprint density at radius 1 is 1.44 bits per heavy atom. The second-order valence-electron chi connectivity index (χ2n) is 4.50. The first-order valence-corrected chi connectivity index (χ1v) is 6.14. The van der Waals surface area contributed by atoms with E-state index in [1.165, 1.54) is 11.1 Å². The molecule has 0 radical (unpaired) electrons. The van der Waals surface area contributed by atoms with E-state index in [9.17, 15) is 0 Å². The van der Waals surface area contributed by atoms with Crippen LogP contribution in [0.1, 0.15) is 18.1 Å². The Bertz CT molecular complexity index is 367. The molecule has 1 aromatic rings. The molecule has 0 bridgehead atoms. The molecular formula is C13H18ClNO. The van der Waals surface area contributed by atoms with Gasteiger partial charge in [0.25, 0.3) is 0 Å². The minimum Gasteiger partial charge on any atom is -0.372 e. The summed E-state index contributed by atoms with van der Waals surface area (Å²) < 4.78 is 5.88. The van der Waals surface area contributed by atoms with Gasteiger partial charge in [0.2, 0.25) is 0 Å². The highest BCUT2D eigenvalue weighted by Gasteiger charge is 2.19. The van der Waals surface area contributed by atoms with Crippen LogP contribution >= 0.6 is 11.6 Å². The molecule has 88 valence electrons. The minimum absolute atomic E-state index is 0.265. The van der Waals surface area contributed by atoms with Crippen LogP contribution in [0, 0.1) is 6.92 Å². The molecule has 0 spiro atoms. The van der Waals surface area contributed by atoms with Crippen LogP contribution in [-0.4, -0.2) is 25.3 Å². The normalized spacial score (nSPS) is 25.7. The highest BCUT2D eigenvalue weighted by Crippen LogP contribution is 2.18. The van der Waals surface area contributed by atoms with Gasteiger partial charge in [-0.05, 0) is 37.1 Å². The van der Waals surface area contributed by atoms with Gasteiger partial charge in [0.05, 0.1) is 12.2 Å². The monoisotopic (exact) mass is 239 g/mol. The van der Waals surface area contributed by atoms with Crippen molar-refractivity contribution in [2.75, 3.05) is 13.1 Å². The first-order valence-electron chi connectivity index (χ1n) is 5.76. The molecular weight excluding hydrogens is 222 g/mol. The first-order chi connectivity index (χ1) is 7.65. The lowest BCUT2D eigenvalue weighted by Gasteiger charge is -2.29. The highest BCUT2D eigenvalue weighted by molar-refractivity contribution is 6.30. The lowest BCUT2D eigenvalue weighted by atomic mass is 10.0. The van der Waals surface area contributed by atoms with Crippen LogP contribution in [0.4, 0.5) is 0 Å².